The molecule has 0 bridgehead atoms. The predicted octanol–water partition coefficient (Wildman–Crippen LogP) is 32.7. The Labute approximate surface area is 711 Å². The van der Waals surface area contributed by atoms with E-state index in [1.165, 1.54) is 153 Å². The number of ketones is 2. The van der Waals surface area contributed by atoms with Crippen LogP contribution >= 0.6 is 57.1 Å². The molecule has 620 valence electrons. The number of aromatic nitrogens is 4. The molecule has 0 aliphatic heterocycles. The van der Waals surface area contributed by atoms with Crippen LogP contribution in [0.1, 0.15) is 364 Å². The third kappa shape index (κ3) is 19.9. The summed E-state index contributed by atoms with van der Waals surface area (Å²) in [6, 6.07) is 7.80. The molecule has 10 aromatic rings. The predicted molar refractivity (Wildman–Crippen MR) is 488 cm³/mol. The van der Waals surface area contributed by atoms with E-state index in [2.05, 4.69) is 60.4 Å². The maximum Gasteiger partial charge on any atom is 0.270 e. The first-order valence-corrected chi connectivity index (χ1v) is 48.8. The van der Waals surface area contributed by atoms with Crippen LogP contribution in [0.3, 0.4) is 0 Å². The van der Waals surface area contributed by atoms with E-state index in [0.29, 0.717) is 24.7 Å². The van der Waals surface area contributed by atoms with Gasteiger partial charge in [-0.25, -0.2) is 37.8 Å². The fourth-order valence-electron chi connectivity index (χ4n) is 18.6. The summed E-state index contributed by atoms with van der Waals surface area (Å²) >= 11 is 8.13. The van der Waals surface area contributed by atoms with Gasteiger partial charge in [-0.3, -0.25) is 9.59 Å². The molecule has 7 heterocycles. The van der Waals surface area contributed by atoms with E-state index in [9.17, 15) is 10.5 Å². The summed E-state index contributed by atoms with van der Waals surface area (Å²) in [5.41, 5.74) is 7.87. The molecular formula is C98H118F4N8O2S5. The normalized spacial score (nSPS) is 15.1. The molecular weight excluding hydrogens is 1560 g/mol. The van der Waals surface area contributed by atoms with Crippen LogP contribution in [-0.2, 0) is 25.9 Å². The van der Waals surface area contributed by atoms with Crippen molar-refractivity contribution in [3.63, 3.8) is 0 Å². The number of halogens is 4. The smallest absolute Gasteiger partial charge is 0.270 e. The van der Waals surface area contributed by atoms with E-state index in [1.807, 2.05) is 24.3 Å². The van der Waals surface area contributed by atoms with Crippen LogP contribution in [0.2, 0.25) is 0 Å². The number of hydrogen-bond donors (Lipinski definition) is 0. The molecule has 10 nitrogen and oxygen atoms in total. The minimum absolute atomic E-state index is 0.0266. The summed E-state index contributed by atoms with van der Waals surface area (Å²) in [6.07, 6.45) is 53.1. The standard InChI is InChI=1S/C98H118F4N8O2S5/c1-9-15-21-27-31-33-35-39-45-51-65-79(57-71-81(77(59-103)105-7)67-53-73(99)75(101)55-69(67)91(71)111)113-97-89-95(115-93(65)97)83-85-86(108-117-107-85)84-88(87(83)109(89)61-63(47-41-25-19-13-5)49-43-37-29-23-17-11-3)110(62-64(48-42-26-20-14-6)50-44-38-30-24-18-12-4)90-96(84)116-94-66(52-46-40-36-34-32-28-22-16-10-2)80(114-98(90)94)58-72-82(78(60-104)106-8)68-54-74(100)76(102)56-70(68)92(72)112/h53-58,63-64H,9-52,61-62H2,1-6H3/b71-57-,72-58-,81-77-,82-78+. The number of Topliss-reactive ketones (excluding diaryl/α,β-unsaturated/α-hetero) is 2. The summed E-state index contributed by atoms with van der Waals surface area (Å²) in [6.45, 7) is 31.6. The Hall–Kier alpha value is -7.62. The van der Waals surface area contributed by atoms with Crippen LogP contribution in [0.25, 0.3) is 105 Å². The number of carbonyl (C=O) groups excluding carboxylic acids is 2. The summed E-state index contributed by atoms with van der Waals surface area (Å²) < 4.78 is 84.8. The molecule has 2 atom stereocenters. The number of nitrogens with zero attached hydrogens (tertiary/aromatic N) is 8. The Balaban J connectivity index is 1.17. The van der Waals surface area contributed by atoms with Gasteiger partial charge in [0.2, 0.25) is 0 Å². The Bertz CT molecular complexity index is 5130. The highest BCUT2D eigenvalue weighted by atomic mass is 32.1. The Kier molecular flexibility index (Phi) is 33.0. The highest BCUT2D eigenvalue weighted by Gasteiger charge is 2.39. The second kappa shape index (κ2) is 43.6. The molecule has 2 unspecified atom stereocenters. The lowest BCUT2D eigenvalue weighted by molar-refractivity contribution is 0.103. The van der Waals surface area contributed by atoms with Crippen LogP contribution in [0.15, 0.2) is 46.8 Å². The van der Waals surface area contributed by atoms with Crippen LogP contribution in [0, 0.1) is 70.9 Å². The van der Waals surface area contributed by atoms with E-state index in [-0.39, 0.29) is 55.9 Å². The van der Waals surface area contributed by atoms with Crippen LogP contribution in [0.5, 0.6) is 0 Å². The maximum atomic E-state index is 15.5. The fourth-order valence-corrected chi connectivity index (χ4v) is 25.1. The third-order valence-corrected chi connectivity index (χ3v) is 30.6. The number of nitriles is 2. The van der Waals surface area contributed by atoms with Gasteiger partial charge in [0.15, 0.2) is 34.8 Å². The van der Waals surface area contributed by atoms with Crippen LogP contribution in [0.4, 0.5) is 17.6 Å². The molecule has 0 radical (unpaired) electrons. The van der Waals surface area contributed by atoms with Gasteiger partial charge >= 0.3 is 0 Å². The van der Waals surface area contributed by atoms with Crippen molar-refractivity contribution in [2.75, 3.05) is 0 Å². The van der Waals surface area contributed by atoms with Gasteiger partial charge in [-0.1, -0.05) is 273 Å². The summed E-state index contributed by atoms with van der Waals surface area (Å²) in [7, 11) is 0. The second-order valence-electron chi connectivity index (χ2n) is 33.4. The third-order valence-electron chi connectivity index (χ3n) is 24.9. The highest BCUT2D eigenvalue weighted by molar-refractivity contribution is 7.34. The number of carbonyl (C=O) groups is 2. The molecule has 12 rings (SSSR count). The largest absolute Gasteiger partial charge is 0.337 e. The molecule has 2 aliphatic rings. The molecule has 117 heavy (non-hydrogen) atoms. The van der Waals surface area contributed by atoms with Crippen molar-refractivity contribution in [3.8, 4) is 12.1 Å². The average molecular weight is 1680 g/mol. The number of aryl methyl sites for hydroxylation is 2. The van der Waals surface area contributed by atoms with Crippen molar-refractivity contribution < 1.29 is 27.2 Å². The summed E-state index contributed by atoms with van der Waals surface area (Å²) in [5, 5.41) is 23.4. The second-order valence-corrected chi connectivity index (χ2v) is 38.1. The Morgan fingerprint density at radius 3 is 1.00 bits per heavy atom. The fraction of sp³-hybridized carbons (Fsp3) is 0.551. The highest BCUT2D eigenvalue weighted by Crippen LogP contribution is 2.57. The number of hydrogen-bond acceptors (Lipinski definition) is 11. The number of unbranched alkanes of at least 4 members (excludes halogenated alkanes) is 32. The lowest BCUT2D eigenvalue weighted by Crippen LogP contribution is -2.14. The minimum Gasteiger partial charge on any atom is -0.337 e. The molecule has 2 aliphatic carbocycles. The SMILES string of the molecule is [C-]#[N+]/C(C#N)=C1\C(=C\c2sc3c(sc4c5c6nsnc6c6c7sc8c(CCCCCCCCCCC)c(/C=C9\C(=O)c%10cc(F)c(F)cc%10\C9=C(\C#N)[N+]#[C-])sc8c7n(CC(CCCCCC)CCCCCCCC)c6c5n(CC(CCCCCC)CCCCCCCC)c34)c2CCCCCCCCCCC)C(=O)c2cc(F)c(F)cc21. The first-order valence-electron chi connectivity index (χ1n) is 44.8. The first kappa shape index (κ1) is 88.7. The van der Waals surface area contributed by atoms with Crippen molar-refractivity contribution in [3.05, 3.63) is 136 Å². The molecule has 0 amide bonds. The van der Waals surface area contributed by atoms with E-state index in [4.69, 9.17) is 21.9 Å². The van der Waals surface area contributed by atoms with E-state index >= 15 is 27.2 Å². The number of thiophene rings is 4. The van der Waals surface area contributed by atoms with Crippen LogP contribution in [-0.4, -0.2) is 29.4 Å². The number of benzene rings is 3. The van der Waals surface area contributed by atoms with Gasteiger partial charge in [0.25, 0.3) is 11.4 Å². The zero-order valence-corrected chi connectivity index (χ0v) is 74.2. The lowest BCUT2D eigenvalue weighted by atomic mass is 9.93. The molecule has 19 heteroatoms. The number of rotatable bonds is 50. The van der Waals surface area contributed by atoms with Gasteiger partial charge in [0, 0.05) is 67.0 Å². The Morgan fingerprint density at radius 1 is 0.402 bits per heavy atom. The van der Waals surface area contributed by atoms with E-state index < -0.39 is 34.8 Å². The van der Waals surface area contributed by atoms with Crippen molar-refractivity contribution in [1.29, 1.82) is 10.5 Å². The summed E-state index contributed by atoms with van der Waals surface area (Å²) in [4.78, 5) is 39.0. The molecule has 3 aromatic carbocycles. The molecule has 7 aromatic heterocycles. The van der Waals surface area contributed by atoms with Crippen molar-refractivity contribution in [1.82, 2.24) is 17.9 Å². The lowest BCUT2D eigenvalue weighted by Gasteiger charge is -2.22. The summed E-state index contributed by atoms with van der Waals surface area (Å²) in [5.74, 6) is -5.17. The maximum absolute atomic E-state index is 15.5. The van der Waals surface area contributed by atoms with Gasteiger partial charge in [0.05, 0.1) is 87.3 Å². The van der Waals surface area contributed by atoms with Crippen molar-refractivity contribution >= 4 is 164 Å². The quantitative estimate of drug-likeness (QED) is 0.0123. The minimum atomic E-state index is -1.17. The van der Waals surface area contributed by atoms with Crippen molar-refractivity contribution in [2.45, 2.75) is 337 Å². The van der Waals surface area contributed by atoms with Gasteiger partial charge in [-0.15, -0.1) is 45.3 Å². The molecule has 0 N–H and O–H groups in total. The molecule has 0 saturated heterocycles. The average Bonchev–Trinajstić information content (AvgIpc) is 1.50. The zero-order valence-electron chi connectivity index (χ0n) is 70.1. The van der Waals surface area contributed by atoms with Crippen LogP contribution < -0.4 is 0 Å². The molecule has 0 saturated carbocycles. The first-order chi connectivity index (χ1) is 57.2. The Morgan fingerprint density at radius 2 is 0.692 bits per heavy atom. The monoisotopic (exact) mass is 1670 g/mol. The number of fused-ring (bicyclic) bond motifs is 16. The topological polar surface area (TPSA) is 126 Å². The van der Waals surface area contributed by atoms with Gasteiger partial charge < -0.3 is 9.13 Å². The van der Waals surface area contributed by atoms with Gasteiger partial charge in [-0.2, -0.15) is 8.75 Å². The van der Waals surface area contributed by atoms with Gasteiger partial charge in [-0.05, 0) is 122 Å². The zero-order chi connectivity index (χ0) is 82.5. The van der Waals surface area contributed by atoms with E-state index in [1.54, 1.807) is 45.3 Å². The number of allylic oxidation sites excluding steroid dienone is 6. The van der Waals surface area contributed by atoms with Crippen molar-refractivity contribution in [2.24, 2.45) is 11.8 Å². The van der Waals surface area contributed by atoms with E-state index in [0.717, 1.165) is 259 Å². The van der Waals surface area contributed by atoms with Gasteiger partial charge in [0.1, 0.15) is 11.0 Å². The molecule has 0 fully saturated rings. The molecule has 0 spiro atoms.